The van der Waals surface area contributed by atoms with Crippen LogP contribution in [-0.2, 0) is 0 Å². The number of hydrogen-bond donors (Lipinski definition) is 0. The minimum atomic E-state index is 0.254. The van der Waals surface area contributed by atoms with Crippen LogP contribution in [0.4, 0.5) is 0 Å². The van der Waals surface area contributed by atoms with Gasteiger partial charge in [0, 0.05) is 11.8 Å². The molecule has 0 heterocycles. The fraction of sp³-hybridized carbons (Fsp3) is 0.280. The van der Waals surface area contributed by atoms with E-state index < -0.39 is 0 Å². The van der Waals surface area contributed by atoms with Gasteiger partial charge in [-0.15, -0.1) is 0 Å². The molecule has 1 aliphatic carbocycles. The first-order valence-electron chi connectivity index (χ1n) is 9.40. The maximum atomic E-state index is 4.06. The van der Waals surface area contributed by atoms with Gasteiger partial charge in [-0.25, -0.2) is 0 Å². The van der Waals surface area contributed by atoms with E-state index in [-0.39, 0.29) is 5.92 Å². The number of fused-ring (bicyclic) bond motifs is 1. The van der Waals surface area contributed by atoms with Crippen molar-refractivity contribution in [1.29, 1.82) is 0 Å². The normalized spacial score (nSPS) is 18.0. The molecule has 0 nitrogen and oxygen atoms in total. The molecule has 0 radical (unpaired) electrons. The fourth-order valence-corrected chi connectivity index (χ4v) is 3.45. The van der Waals surface area contributed by atoms with Gasteiger partial charge in [-0.1, -0.05) is 115 Å². The Labute approximate surface area is 154 Å². The van der Waals surface area contributed by atoms with Crippen LogP contribution in [0.25, 0.3) is 0 Å². The van der Waals surface area contributed by atoms with E-state index >= 15 is 0 Å². The van der Waals surface area contributed by atoms with E-state index in [9.17, 15) is 0 Å². The Morgan fingerprint density at radius 2 is 1.16 bits per heavy atom. The fourth-order valence-electron chi connectivity index (χ4n) is 3.45. The third kappa shape index (κ3) is 4.20. The predicted octanol–water partition coefficient (Wildman–Crippen LogP) is 7.66. The van der Waals surface area contributed by atoms with Gasteiger partial charge in [0.05, 0.1) is 0 Å². The maximum absolute atomic E-state index is 4.06. The molecule has 0 spiro atoms. The van der Waals surface area contributed by atoms with Gasteiger partial charge in [-0.3, -0.25) is 0 Å². The van der Waals surface area contributed by atoms with Crippen LogP contribution in [0, 0.1) is 0 Å². The van der Waals surface area contributed by atoms with Crippen LogP contribution in [-0.4, -0.2) is 0 Å². The maximum Gasteiger partial charge on any atom is 0.0345 e. The van der Waals surface area contributed by atoms with E-state index in [2.05, 4.69) is 74.7 Å². The molecule has 0 fully saturated rings. The number of benzene rings is 2. The molecular formula is C25H32. The predicted molar refractivity (Wildman–Crippen MR) is 113 cm³/mol. The minimum Gasteiger partial charge on any atom is -0.0988 e. The van der Waals surface area contributed by atoms with Crippen molar-refractivity contribution < 1.29 is 0 Å². The minimum absolute atomic E-state index is 0.254. The summed E-state index contributed by atoms with van der Waals surface area (Å²) in [6.45, 7) is 18.3. The zero-order chi connectivity index (χ0) is 18.8. The van der Waals surface area contributed by atoms with E-state index in [1.807, 2.05) is 39.8 Å². The summed E-state index contributed by atoms with van der Waals surface area (Å²) in [7, 11) is 0. The highest BCUT2D eigenvalue weighted by Gasteiger charge is 2.30. The topological polar surface area (TPSA) is 0 Å². The first-order valence-corrected chi connectivity index (χ1v) is 9.40. The standard InChI is InChI=1S/C21H20.2C2H6/c1-4-17-15(3)19-13-9-10-14-20(19)21(18(17)5-2)16-11-7-6-8-12-16;2*1-2/h4-15,21H,1-2H2,3H3;2*1-2H3. The summed E-state index contributed by atoms with van der Waals surface area (Å²) >= 11 is 0. The van der Waals surface area contributed by atoms with Crippen LogP contribution in [0.3, 0.4) is 0 Å². The Morgan fingerprint density at radius 3 is 1.68 bits per heavy atom. The van der Waals surface area contributed by atoms with Gasteiger partial charge >= 0.3 is 0 Å². The number of allylic oxidation sites excluding steroid dienone is 4. The van der Waals surface area contributed by atoms with Crippen LogP contribution < -0.4 is 0 Å². The Bertz CT molecular complexity index is 704. The molecule has 1 aliphatic rings. The molecule has 0 heteroatoms. The van der Waals surface area contributed by atoms with Crippen molar-refractivity contribution >= 4 is 0 Å². The second-order valence-electron chi connectivity index (χ2n) is 5.51. The van der Waals surface area contributed by atoms with E-state index in [1.165, 1.54) is 27.8 Å². The zero-order valence-corrected chi connectivity index (χ0v) is 16.4. The van der Waals surface area contributed by atoms with Crippen molar-refractivity contribution in [2.75, 3.05) is 0 Å². The number of hydrogen-bond acceptors (Lipinski definition) is 0. The van der Waals surface area contributed by atoms with Gasteiger partial charge in [0.2, 0.25) is 0 Å². The van der Waals surface area contributed by atoms with Crippen molar-refractivity contribution in [3.05, 3.63) is 108 Å². The average molecular weight is 333 g/mol. The summed E-state index contributed by atoms with van der Waals surface area (Å²) in [5.74, 6) is 0.621. The lowest BCUT2D eigenvalue weighted by molar-refractivity contribution is 0.799. The second kappa shape index (κ2) is 10.5. The largest absolute Gasteiger partial charge is 0.0988 e. The van der Waals surface area contributed by atoms with Crippen LogP contribution in [0.1, 0.15) is 63.1 Å². The van der Waals surface area contributed by atoms with Gasteiger partial charge in [0.25, 0.3) is 0 Å². The molecule has 0 amide bonds. The molecule has 0 aromatic heterocycles. The summed E-state index contributed by atoms with van der Waals surface area (Å²) in [5, 5.41) is 0. The molecule has 0 bridgehead atoms. The van der Waals surface area contributed by atoms with Gasteiger partial charge in [0.15, 0.2) is 0 Å². The molecular weight excluding hydrogens is 300 g/mol. The first kappa shape index (κ1) is 20.7. The Hall–Kier alpha value is -2.34. The van der Waals surface area contributed by atoms with Crippen molar-refractivity contribution in [3.63, 3.8) is 0 Å². The summed E-state index contributed by atoms with van der Waals surface area (Å²) in [4.78, 5) is 0. The van der Waals surface area contributed by atoms with Crippen molar-refractivity contribution in [3.8, 4) is 0 Å². The van der Waals surface area contributed by atoms with Crippen LogP contribution >= 0.6 is 0 Å². The quantitative estimate of drug-likeness (QED) is 0.541. The van der Waals surface area contributed by atoms with Gasteiger partial charge in [-0.2, -0.15) is 0 Å². The van der Waals surface area contributed by atoms with Crippen molar-refractivity contribution in [2.45, 2.75) is 46.5 Å². The van der Waals surface area contributed by atoms with Crippen molar-refractivity contribution in [2.24, 2.45) is 0 Å². The molecule has 0 saturated heterocycles. The Morgan fingerprint density at radius 1 is 0.680 bits per heavy atom. The number of rotatable bonds is 3. The van der Waals surface area contributed by atoms with E-state index in [0.29, 0.717) is 5.92 Å². The van der Waals surface area contributed by atoms with Gasteiger partial charge in [0.1, 0.15) is 0 Å². The lowest BCUT2D eigenvalue weighted by Gasteiger charge is -2.33. The Kier molecular flexibility index (Phi) is 8.70. The van der Waals surface area contributed by atoms with E-state index in [1.54, 1.807) is 0 Å². The molecule has 2 aromatic rings. The molecule has 0 saturated carbocycles. The Balaban J connectivity index is 0.000000730. The molecule has 0 aliphatic heterocycles. The van der Waals surface area contributed by atoms with Gasteiger partial charge < -0.3 is 0 Å². The highest BCUT2D eigenvalue weighted by molar-refractivity contribution is 5.58. The summed E-state index contributed by atoms with van der Waals surface area (Å²) in [6, 6.07) is 19.4. The first-order chi connectivity index (χ1) is 12.3. The summed E-state index contributed by atoms with van der Waals surface area (Å²) in [6.07, 6.45) is 3.99. The molecule has 2 atom stereocenters. The monoisotopic (exact) mass is 332 g/mol. The van der Waals surface area contributed by atoms with Crippen LogP contribution in [0.5, 0.6) is 0 Å². The molecule has 132 valence electrons. The SMILES string of the molecule is C=CC1=C(C=C)C(c2ccccc2)c2ccccc2C1C.CC.CC. The molecule has 2 aromatic carbocycles. The smallest absolute Gasteiger partial charge is 0.0345 e. The average Bonchev–Trinajstić information content (AvgIpc) is 2.71. The van der Waals surface area contributed by atoms with Gasteiger partial charge in [-0.05, 0) is 27.8 Å². The molecule has 2 unspecified atom stereocenters. The van der Waals surface area contributed by atoms with E-state index in [4.69, 9.17) is 0 Å². The highest BCUT2D eigenvalue weighted by Crippen LogP contribution is 2.46. The van der Waals surface area contributed by atoms with Crippen LogP contribution in [0.15, 0.2) is 91.1 Å². The molecule has 25 heavy (non-hydrogen) atoms. The highest BCUT2D eigenvalue weighted by atomic mass is 14.3. The summed E-state index contributed by atoms with van der Waals surface area (Å²) in [5.41, 5.74) is 6.66. The van der Waals surface area contributed by atoms with Crippen molar-refractivity contribution in [1.82, 2.24) is 0 Å². The third-order valence-electron chi connectivity index (χ3n) is 4.46. The zero-order valence-electron chi connectivity index (χ0n) is 16.4. The lowest BCUT2D eigenvalue weighted by Crippen LogP contribution is -2.17. The summed E-state index contributed by atoms with van der Waals surface area (Å²) < 4.78 is 0. The third-order valence-corrected chi connectivity index (χ3v) is 4.46. The second-order valence-corrected chi connectivity index (χ2v) is 5.51. The lowest BCUT2D eigenvalue weighted by atomic mass is 9.70. The molecule has 3 rings (SSSR count). The van der Waals surface area contributed by atoms with Crippen LogP contribution in [0.2, 0.25) is 0 Å². The van der Waals surface area contributed by atoms with E-state index in [0.717, 1.165) is 0 Å². The molecule has 0 N–H and O–H groups in total.